The van der Waals surface area contributed by atoms with Gasteiger partial charge in [0.2, 0.25) is 5.95 Å². The molecule has 0 atom stereocenters. The second-order valence-electron chi connectivity index (χ2n) is 8.03. The second kappa shape index (κ2) is 8.95. The number of likely N-dealkylation sites (N-methyl/N-ethyl adjacent to an activating group) is 1. The predicted octanol–water partition coefficient (Wildman–Crippen LogP) is 4.17. The molecular weight excluding hydrogens is 406 g/mol. The van der Waals surface area contributed by atoms with Crippen molar-refractivity contribution in [3.8, 4) is 11.3 Å². The van der Waals surface area contributed by atoms with Gasteiger partial charge in [-0.25, -0.2) is 15.0 Å². The van der Waals surface area contributed by atoms with Crippen LogP contribution in [0.4, 0.5) is 23.1 Å². The van der Waals surface area contributed by atoms with Crippen molar-refractivity contribution in [3.63, 3.8) is 0 Å². The van der Waals surface area contributed by atoms with Gasteiger partial charge in [-0.2, -0.15) is 0 Å². The van der Waals surface area contributed by atoms with Crippen molar-refractivity contribution in [1.82, 2.24) is 19.9 Å². The van der Waals surface area contributed by atoms with Crippen LogP contribution < -0.4 is 16.0 Å². The van der Waals surface area contributed by atoms with Crippen LogP contribution >= 0.6 is 12.2 Å². The molecule has 0 saturated carbocycles. The van der Waals surface area contributed by atoms with Crippen LogP contribution in [-0.4, -0.2) is 52.0 Å². The number of aryl methyl sites for hydroxylation is 2. The molecule has 8 heteroatoms. The van der Waals surface area contributed by atoms with Crippen molar-refractivity contribution in [2.24, 2.45) is 0 Å². The van der Waals surface area contributed by atoms with E-state index in [0.717, 1.165) is 57.8 Å². The lowest BCUT2D eigenvalue weighted by atomic mass is 10.0. The van der Waals surface area contributed by atoms with E-state index >= 15 is 0 Å². The van der Waals surface area contributed by atoms with Crippen molar-refractivity contribution in [2.45, 2.75) is 20.3 Å². The molecule has 0 bridgehead atoms. The molecule has 1 aliphatic rings. The van der Waals surface area contributed by atoms with Crippen molar-refractivity contribution >= 4 is 40.3 Å². The summed E-state index contributed by atoms with van der Waals surface area (Å²) in [5.74, 6) is 1.40. The molecule has 3 N–H and O–H groups in total. The summed E-state index contributed by atoms with van der Waals surface area (Å²) >= 11 is 5.50. The second-order valence-corrected chi connectivity index (χ2v) is 8.52. The highest BCUT2D eigenvalue weighted by atomic mass is 32.1. The van der Waals surface area contributed by atoms with Crippen LogP contribution in [0.1, 0.15) is 16.8 Å². The molecule has 160 valence electrons. The van der Waals surface area contributed by atoms with Gasteiger partial charge in [-0.05, 0) is 51.7 Å². The summed E-state index contributed by atoms with van der Waals surface area (Å²) in [5, 5.41) is 10.0. The number of hydrogen-bond donors (Lipinski definition) is 3. The minimum Gasteiger partial charge on any atom is -0.369 e. The van der Waals surface area contributed by atoms with Gasteiger partial charge in [0.05, 0.1) is 22.1 Å². The Kier molecular flexibility index (Phi) is 6.11. The highest BCUT2D eigenvalue weighted by Gasteiger charge is 2.19. The molecule has 1 aliphatic heterocycles. The number of rotatable bonds is 6. The summed E-state index contributed by atoms with van der Waals surface area (Å²) in [5.41, 5.74) is 6.86. The van der Waals surface area contributed by atoms with Crippen LogP contribution in [0.2, 0.25) is 0 Å². The molecule has 7 nitrogen and oxygen atoms in total. The Morgan fingerprint density at radius 2 is 1.97 bits per heavy atom. The smallest absolute Gasteiger partial charge is 0.227 e. The van der Waals surface area contributed by atoms with Gasteiger partial charge in [0.15, 0.2) is 0 Å². The summed E-state index contributed by atoms with van der Waals surface area (Å²) in [4.78, 5) is 16.9. The maximum absolute atomic E-state index is 5.50. The fourth-order valence-electron chi connectivity index (χ4n) is 3.48. The first-order valence-corrected chi connectivity index (χ1v) is 10.7. The van der Waals surface area contributed by atoms with Crippen molar-refractivity contribution in [1.29, 1.82) is 0 Å². The third-order valence-electron chi connectivity index (χ3n) is 5.12. The van der Waals surface area contributed by atoms with Crippen LogP contribution in [0, 0.1) is 13.8 Å². The highest BCUT2D eigenvalue weighted by Crippen LogP contribution is 2.34. The fraction of sp³-hybridized carbons (Fsp3) is 0.304. The van der Waals surface area contributed by atoms with Crippen LogP contribution in [0.3, 0.4) is 0 Å². The van der Waals surface area contributed by atoms with E-state index in [1.807, 2.05) is 25.3 Å². The molecule has 0 spiro atoms. The van der Waals surface area contributed by atoms with E-state index in [9.17, 15) is 0 Å². The maximum Gasteiger partial charge on any atom is 0.227 e. The molecular formula is C23H27N7S. The molecule has 0 amide bonds. The Morgan fingerprint density at radius 3 is 2.74 bits per heavy atom. The van der Waals surface area contributed by atoms with E-state index in [2.05, 4.69) is 70.0 Å². The molecule has 1 aromatic carbocycles. The minimum atomic E-state index is 0.538. The van der Waals surface area contributed by atoms with Gasteiger partial charge < -0.3 is 20.9 Å². The molecule has 0 unspecified atom stereocenters. The number of nitrogens with one attached hydrogen (secondary N) is 3. The van der Waals surface area contributed by atoms with Gasteiger partial charge in [0.25, 0.3) is 0 Å². The van der Waals surface area contributed by atoms with Crippen LogP contribution in [0.15, 0.2) is 36.5 Å². The molecule has 0 fully saturated rings. The number of hydrogen-bond acceptors (Lipinski definition) is 7. The highest BCUT2D eigenvalue weighted by molar-refractivity contribution is 7.80. The lowest BCUT2D eigenvalue weighted by Gasteiger charge is -2.14. The third-order valence-corrected chi connectivity index (χ3v) is 5.36. The molecule has 0 radical (unpaired) electrons. The Labute approximate surface area is 188 Å². The summed E-state index contributed by atoms with van der Waals surface area (Å²) in [6.07, 6.45) is 2.47. The van der Waals surface area contributed by atoms with Crippen molar-refractivity contribution in [2.75, 3.05) is 43.1 Å². The van der Waals surface area contributed by atoms with Gasteiger partial charge in [-0.3, -0.25) is 0 Å². The van der Waals surface area contributed by atoms with E-state index in [1.54, 1.807) is 0 Å². The number of fused-ring (bicyclic) bond motifs is 3. The van der Waals surface area contributed by atoms with Gasteiger partial charge in [0.1, 0.15) is 5.82 Å². The predicted molar refractivity (Wildman–Crippen MR) is 131 cm³/mol. The summed E-state index contributed by atoms with van der Waals surface area (Å²) in [6, 6.07) is 10.2. The van der Waals surface area contributed by atoms with E-state index in [1.165, 1.54) is 5.56 Å². The fourth-order valence-corrected chi connectivity index (χ4v) is 3.75. The van der Waals surface area contributed by atoms with E-state index in [0.29, 0.717) is 12.4 Å². The van der Waals surface area contributed by atoms with Crippen molar-refractivity contribution in [3.05, 3.63) is 53.3 Å². The van der Waals surface area contributed by atoms with Gasteiger partial charge in [-0.1, -0.05) is 24.4 Å². The monoisotopic (exact) mass is 433 g/mol. The van der Waals surface area contributed by atoms with Crippen LogP contribution in [0.25, 0.3) is 11.3 Å². The minimum absolute atomic E-state index is 0.538. The lowest BCUT2D eigenvalue weighted by molar-refractivity contribution is 0.425. The molecule has 2 aromatic heterocycles. The largest absolute Gasteiger partial charge is 0.369 e. The SMILES string of the molecule is Cc1ccc2c(c1)NC(=S)Cc1cnc(Nc3ccc(NCCN(C)C)nc3C)nc1-2. The quantitative estimate of drug-likeness (QED) is 0.500. The molecule has 0 saturated heterocycles. The number of thiocarbonyl (C=S) groups is 1. The molecule has 0 aliphatic carbocycles. The number of aromatic nitrogens is 3. The zero-order valence-corrected chi connectivity index (χ0v) is 19.1. The number of benzene rings is 1. The van der Waals surface area contributed by atoms with E-state index in [4.69, 9.17) is 17.2 Å². The average molecular weight is 434 g/mol. The average Bonchev–Trinajstić information content (AvgIpc) is 2.84. The first kappa shape index (κ1) is 21.1. The van der Waals surface area contributed by atoms with E-state index < -0.39 is 0 Å². The third kappa shape index (κ3) is 4.98. The number of nitrogens with zero attached hydrogens (tertiary/aromatic N) is 4. The Balaban J connectivity index is 1.59. The maximum atomic E-state index is 5.50. The Morgan fingerprint density at radius 1 is 1.13 bits per heavy atom. The topological polar surface area (TPSA) is 78.0 Å². The lowest BCUT2D eigenvalue weighted by Crippen LogP contribution is -2.21. The van der Waals surface area contributed by atoms with Crippen molar-refractivity contribution < 1.29 is 0 Å². The summed E-state index contributed by atoms with van der Waals surface area (Å²) in [7, 11) is 4.11. The van der Waals surface area contributed by atoms with Gasteiger partial charge in [0, 0.05) is 42.5 Å². The zero-order valence-electron chi connectivity index (χ0n) is 18.3. The Bertz CT molecular complexity index is 1130. The molecule has 31 heavy (non-hydrogen) atoms. The van der Waals surface area contributed by atoms with Gasteiger partial charge in [-0.15, -0.1) is 0 Å². The van der Waals surface area contributed by atoms with Crippen LogP contribution in [-0.2, 0) is 6.42 Å². The zero-order chi connectivity index (χ0) is 22.0. The molecule has 4 rings (SSSR count). The standard InChI is InChI=1S/C23H27N7S/c1-14-5-6-17-19(11-14)27-21(31)12-16-13-25-23(29-22(16)17)28-18-7-8-20(26-15(18)2)24-9-10-30(3)4/h5-8,11,13H,9-10,12H2,1-4H3,(H,24,26)(H,27,31)(H,25,28,29). The summed E-state index contributed by atoms with van der Waals surface area (Å²) < 4.78 is 0. The van der Waals surface area contributed by atoms with E-state index in [-0.39, 0.29) is 0 Å². The number of anilines is 4. The van der Waals surface area contributed by atoms with Crippen LogP contribution in [0.5, 0.6) is 0 Å². The number of pyridine rings is 1. The normalized spacial score (nSPS) is 12.6. The first-order valence-electron chi connectivity index (χ1n) is 10.3. The van der Waals surface area contributed by atoms with Gasteiger partial charge >= 0.3 is 0 Å². The Hall–Kier alpha value is -3.10. The first-order chi connectivity index (χ1) is 14.9. The summed E-state index contributed by atoms with van der Waals surface area (Å²) in [6.45, 7) is 5.83. The molecule has 3 heterocycles. The molecule has 3 aromatic rings.